The molecule has 5 aromatic heterocycles. The zero-order chi connectivity index (χ0) is 25.3. The summed E-state index contributed by atoms with van der Waals surface area (Å²) < 4.78 is 6.00. The van der Waals surface area contributed by atoms with Gasteiger partial charge in [0.15, 0.2) is 0 Å². The Balaban J connectivity index is 1.24. The van der Waals surface area contributed by atoms with Gasteiger partial charge in [-0.2, -0.15) is 5.10 Å². The zero-order valence-electron chi connectivity index (χ0n) is 20.3. The number of pyridine rings is 3. The Morgan fingerprint density at radius 2 is 1.61 bits per heavy atom. The monoisotopic (exact) mass is 494 g/mol. The third-order valence-electron chi connectivity index (χ3n) is 6.64. The van der Waals surface area contributed by atoms with Crippen LogP contribution in [0.5, 0.6) is 5.75 Å². The Morgan fingerprint density at radius 1 is 0.711 bits per heavy atom. The van der Waals surface area contributed by atoms with Gasteiger partial charge in [-0.05, 0) is 64.7 Å². The van der Waals surface area contributed by atoms with Crippen LogP contribution in [0.3, 0.4) is 0 Å². The predicted molar refractivity (Wildman–Crippen MR) is 148 cm³/mol. The zero-order valence-corrected chi connectivity index (χ0v) is 20.3. The molecule has 5 heterocycles. The lowest BCUT2D eigenvalue weighted by atomic mass is 10.0. The standard InChI is InChI=1S/C31H22N6O/c1-2-4-20(5-3-1)19-38-24-14-23(17-33-18-24)22-6-7-28-27(15-22)30(37-36-28)29-16-26-25(10-13-34-31(26)35-29)21-8-11-32-12-9-21/h1-18H,19H2,(H,34,35)(H,36,37). The van der Waals surface area contributed by atoms with Crippen LogP contribution in [0.15, 0.2) is 110 Å². The van der Waals surface area contributed by atoms with Gasteiger partial charge in [-0.15, -0.1) is 0 Å². The normalized spacial score (nSPS) is 11.3. The molecular formula is C31H22N6O. The number of aromatic amines is 2. The Bertz CT molecular complexity index is 1880. The summed E-state index contributed by atoms with van der Waals surface area (Å²) in [6, 6.07) is 26.5. The predicted octanol–water partition coefficient (Wildman–Crippen LogP) is 6.81. The summed E-state index contributed by atoms with van der Waals surface area (Å²) >= 11 is 0. The average Bonchev–Trinajstić information content (AvgIpc) is 3.61. The highest BCUT2D eigenvalue weighted by atomic mass is 16.5. The smallest absolute Gasteiger partial charge is 0.138 e. The number of hydrogen-bond donors (Lipinski definition) is 2. The molecule has 0 atom stereocenters. The maximum absolute atomic E-state index is 6.00. The van der Waals surface area contributed by atoms with E-state index in [0.29, 0.717) is 6.61 Å². The first-order valence-electron chi connectivity index (χ1n) is 12.3. The second kappa shape index (κ2) is 9.29. The van der Waals surface area contributed by atoms with E-state index in [1.165, 1.54) is 0 Å². The van der Waals surface area contributed by atoms with E-state index in [9.17, 15) is 0 Å². The molecule has 7 heteroatoms. The number of hydrogen-bond acceptors (Lipinski definition) is 5. The van der Waals surface area contributed by atoms with Crippen molar-refractivity contribution in [3.05, 3.63) is 115 Å². The summed E-state index contributed by atoms with van der Waals surface area (Å²) in [5, 5.41) is 9.86. The Hall–Kier alpha value is -5.30. The van der Waals surface area contributed by atoms with Crippen LogP contribution in [0.2, 0.25) is 0 Å². The molecule has 0 amide bonds. The van der Waals surface area contributed by atoms with Crippen LogP contribution >= 0.6 is 0 Å². The number of nitrogens with zero attached hydrogens (tertiary/aromatic N) is 4. The van der Waals surface area contributed by atoms with E-state index in [-0.39, 0.29) is 0 Å². The van der Waals surface area contributed by atoms with Gasteiger partial charge in [0.25, 0.3) is 0 Å². The van der Waals surface area contributed by atoms with Gasteiger partial charge in [0.1, 0.15) is 23.7 Å². The average molecular weight is 495 g/mol. The van der Waals surface area contributed by atoms with Gasteiger partial charge in [-0.25, -0.2) is 4.98 Å². The highest BCUT2D eigenvalue weighted by molar-refractivity contribution is 6.00. The van der Waals surface area contributed by atoms with Crippen molar-refractivity contribution < 1.29 is 4.74 Å². The quantitative estimate of drug-likeness (QED) is 0.265. The minimum atomic E-state index is 0.493. The Morgan fingerprint density at radius 3 is 2.50 bits per heavy atom. The second-order valence-corrected chi connectivity index (χ2v) is 9.06. The largest absolute Gasteiger partial charge is 0.487 e. The molecule has 0 saturated heterocycles. The van der Waals surface area contributed by atoms with E-state index in [1.807, 2.05) is 73.1 Å². The first-order valence-corrected chi connectivity index (χ1v) is 12.3. The van der Waals surface area contributed by atoms with Crippen LogP contribution in [0.1, 0.15) is 5.56 Å². The molecule has 2 aromatic carbocycles. The van der Waals surface area contributed by atoms with Gasteiger partial charge < -0.3 is 9.72 Å². The van der Waals surface area contributed by atoms with Crippen molar-refractivity contribution in [2.75, 3.05) is 0 Å². The van der Waals surface area contributed by atoms with Gasteiger partial charge in [0.05, 0.1) is 17.4 Å². The summed E-state index contributed by atoms with van der Waals surface area (Å²) in [4.78, 5) is 16.6. The summed E-state index contributed by atoms with van der Waals surface area (Å²) in [7, 11) is 0. The van der Waals surface area contributed by atoms with Crippen LogP contribution in [0.25, 0.3) is 55.6 Å². The fourth-order valence-corrected chi connectivity index (χ4v) is 4.73. The molecule has 0 saturated carbocycles. The highest BCUT2D eigenvalue weighted by Gasteiger charge is 2.15. The lowest BCUT2D eigenvalue weighted by Crippen LogP contribution is -1.95. The summed E-state index contributed by atoms with van der Waals surface area (Å²) in [5.41, 5.74) is 8.81. The van der Waals surface area contributed by atoms with E-state index in [1.54, 1.807) is 18.6 Å². The van der Waals surface area contributed by atoms with E-state index in [2.05, 4.69) is 48.3 Å². The number of fused-ring (bicyclic) bond motifs is 2. The van der Waals surface area contributed by atoms with Crippen molar-refractivity contribution in [3.8, 4) is 39.4 Å². The van der Waals surface area contributed by atoms with Gasteiger partial charge in [0, 0.05) is 41.1 Å². The molecule has 7 nitrogen and oxygen atoms in total. The minimum Gasteiger partial charge on any atom is -0.487 e. The second-order valence-electron chi connectivity index (χ2n) is 9.06. The van der Waals surface area contributed by atoms with Crippen molar-refractivity contribution in [1.29, 1.82) is 0 Å². The molecule has 0 spiro atoms. The first-order chi connectivity index (χ1) is 18.8. The molecule has 182 valence electrons. The lowest BCUT2D eigenvalue weighted by molar-refractivity contribution is 0.305. The Kier molecular flexibility index (Phi) is 5.37. The van der Waals surface area contributed by atoms with E-state index in [0.717, 1.165) is 66.9 Å². The molecule has 2 N–H and O–H groups in total. The van der Waals surface area contributed by atoms with Crippen molar-refractivity contribution in [3.63, 3.8) is 0 Å². The van der Waals surface area contributed by atoms with Crippen LogP contribution < -0.4 is 4.74 Å². The molecule has 0 aliphatic rings. The minimum absolute atomic E-state index is 0.493. The third kappa shape index (κ3) is 4.06. The molecule has 38 heavy (non-hydrogen) atoms. The molecule has 7 aromatic rings. The number of ether oxygens (including phenoxy) is 1. The molecular weight excluding hydrogens is 472 g/mol. The van der Waals surface area contributed by atoms with Crippen LogP contribution in [0.4, 0.5) is 0 Å². The molecule has 0 bridgehead atoms. The van der Waals surface area contributed by atoms with Gasteiger partial charge >= 0.3 is 0 Å². The van der Waals surface area contributed by atoms with E-state index in [4.69, 9.17) is 4.74 Å². The first kappa shape index (κ1) is 21.9. The van der Waals surface area contributed by atoms with Gasteiger partial charge in [-0.1, -0.05) is 36.4 Å². The van der Waals surface area contributed by atoms with Crippen molar-refractivity contribution >= 4 is 21.9 Å². The van der Waals surface area contributed by atoms with Gasteiger partial charge in [0.2, 0.25) is 0 Å². The fraction of sp³-hybridized carbons (Fsp3) is 0.0323. The van der Waals surface area contributed by atoms with Crippen molar-refractivity contribution in [2.45, 2.75) is 6.61 Å². The van der Waals surface area contributed by atoms with Crippen LogP contribution in [-0.2, 0) is 6.61 Å². The van der Waals surface area contributed by atoms with Crippen molar-refractivity contribution in [2.24, 2.45) is 0 Å². The maximum atomic E-state index is 6.00. The summed E-state index contributed by atoms with van der Waals surface area (Å²) in [5.74, 6) is 0.726. The summed E-state index contributed by atoms with van der Waals surface area (Å²) in [6.07, 6.45) is 9.01. The Labute approximate surface area is 218 Å². The van der Waals surface area contributed by atoms with Gasteiger partial charge in [-0.3, -0.25) is 15.1 Å². The molecule has 0 aliphatic carbocycles. The molecule has 0 radical (unpaired) electrons. The molecule has 0 unspecified atom stereocenters. The number of aromatic nitrogens is 6. The van der Waals surface area contributed by atoms with E-state index < -0.39 is 0 Å². The SMILES string of the molecule is c1ccc(COc2cncc(-c3ccc4[nH]nc(-c5cc6c(-c7ccncc7)ccnc6[nH]5)c4c3)c2)cc1. The number of nitrogens with one attached hydrogen (secondary N) is 2. The lowest BCUT2D eigenvalue weighted by Gasteiger charge is -2.08. The topological polar surface area (TPSA) is 92.4 Å². The molecule has 0 aliphatic heterocycles. The van der Waals surface area contributed by atoms with Crippen molar-refractivity contribution in [1.82, 2.24) is 30.1 Å². The molecule has 7 rings (SSSR count). The van der Waals surface area contributed by atoms with Crippen LogP contribution in [-0.4, -0.2) is 30.1 Å². The third-order valence-corrected chi connectivity index (χ3v) is 6.64. The number of rotatable bonds is 6. The maximum Gasteiger partial charge on any atom is 0.138 e. The molecule has 0 fully saturated rings. The number of H-pyrrole nitrogens is 2. The highest BCUT2D eigenvalue weighted by Crippen LogP contribution is 2.34. The van der Waals surface area contributed by atoms with Crippen LogP contribution in [0, 0.1) is 0 Å². The van der Waals surface area contributed by atoms with E-state index >= 15 is 0 Å². The summed E-state index contributed by atoms with van der Waals surface area (Å²) in [6.45, 7) is 0.493. The number of benzene rings is 2. The fourth-order valence-electron chi connectivity index (χ4n) is 4.73.